The van der Waals surface area contributed by atoms with E-state index in [1.54, 1.807) is 24.3 Å². The summed E-state index contributed by atoms with van der Waals surface area (Å²) < 4.78 is 0. The van der Waals surface area contributed by atoms with Gasteiger partial charge in [0.1, 0.15) is 11.7 Å². The smallest absolute Gasteiger partial charge is 0.237 e. The molecule has 80 valence electrons. The lowest BCUT2D eigenvalue weighted by atomic mass is 10.1. The molecular weight excluding hydrogens is 194 g/mol. The van der Waals surface area contributed by atoms with Crippen LogP contribution in [-0.2, 0) is 9.59 Å². The molecule has 0 aliphatic heterocycles. The van der Waals surface area contributed by atoms with Crippen molar-refractivity contribution in [2.45, 2.75) is 6.92 Å². The molecule has 0 saturated carbocycles. The number of rotatable bonds is 4. The zero-order valence-electron chi connectivity index (χ0n) is 8.43. The number of aliphatic hydroxyl groups is 1. The van der Waals surface area contributed by atoms with Crippen molar-refractivity contribution in [3.05, 3.63) is 30.3 Å². The number of benzene rings is 1. The molecule has 0 aliphatic carbocycles. The fourth-order valence-corrected chi connectivity index (χ4v) is 1.15. The number of anilines is 1. The van der Waals surface area contributed by atoms with E-state index < -0.39 is 18.4 Å². The zero-order chi connectivity index (χ0) is 11.3. The number of hydrogen-bond donors (Lipinski definition) is 2. The quantitative estimate of drug-likeness (QED) is 0.718. The minimum Gasteiger partial charge on any atom is -0.395 e. The number of aliphatic hydroxyl groups excluding tert-OH is 1. The van der Waals surface area contributed by atoms with Crippen LogP contribution in [0.4, 0.5) is 5.69 Å². The lowest BCUT2D eigenvalue weighted by molar-refractivity contribution is -0.131. The minimum absolute atomic E-state index is 0.342. The monoisotopic (exact) mass is 207 g/mol. The first-order chi connectivity index (χ1) is 7.15. The molecule has 1 aromatic carbocycles. The molecule has 0 fully saturated rings. The van der Waals surface area contributed by atoms with Crippen molar-refractivity contribution in [2.24, 2.45) is 5.92 Å². The van der Waals surface area contributed by atoms with E-state index in [0.717, 1.165) is 0 Å². The maximum atomic E-state index is 11.5. The molecule has 15 heavy (non-hydrogen) atoms. The fourth-order valence-electron chi connectivity index (χ4n) is 1.15. The van der Waals surface area contributed by atoms with Crippen LogP contribution >= 0.6 is 0 Å². The number of hydrogen-bond acceptors (Lipinski definition) is 3. The molecule has 0 radical (unpaired) electrons. The van der Waals surface area contributed by atoms with Gasteiger partial charge in [0.15, 0.2) is 0 Å². The van der Waals surface area contributed by atoms with Crippen LogP contribution in [0.2, 0.25) is 0 Å². The average molecular weight is 207 g/mol. The summed E-state index contributed by atoms with van der Waals surface area (Å²) in [6.45, 7) is 0.819. The van der Waals surface area contributed by atoms with Gasteiger partial charge in [0.05, 0.1) is 6.61 Å². The highest BCUT2D eigenvalue weighted by Crippen LogP contribution is 2.08. The molecule has 1 rings (SSSR count). The summed E-state index contributed by atoms with van der Waals surface area (Å²) in [5, 5.41) is 11.4. The molecule has 0 heterocycles. The molecule has 1 atom stereocenters. The van der Waals surface area contributed by atoms with E-state index in [1.165, 1.54) is 6.92 Å². The summed E-state index contributed by atoms with van der Waals surface area (Å²) in [6, 6.07) is 8.80. The first kappa shape index (κ1) is 11.4. The minimum atomic E-state index is -0.981. The van der Waals surface area contributed by atoms with Crippen molar-refractivity contribution in [2.75, 3.05) is 11.9 Å². The van der Waals surface area contributed by atoms with Crippen molar-refractivity contribution in [3.8, 4) is 0 Å². The normalized spacial score (nSPS) is 11.9. The highest BCUT2D eigenvalue weighted by molar-refractivity contribution is 6.06. The van der Waals surface area contributed by atoms with Gasteiger partial charge in [-0.1, -0.05) is 18.2 Å². The molecule has 0 aliphatic rings. The van der Waals surface area contributed by atoms with Crippen LogP contribution in [0, 0.1) is 5.92 Å². The Kier molecular flexibility index (Phi) is 4.00. The second-order valence-electron chi connectivity index (χ2n) is 3.20. The topological polar surface area (TPSA) is 66.4 Å². The highest BCUT2D eigenvalue weighted by atomic mass is 16.3. The number of nitrogens with one attached hydrogen (secondary N) is 1. The zero-order valence-corrected chi connectivity index (χ0v) is 8.43. The van der Waals surface area contributed by atoms with Crippen LogP contribution in [0.5, 0.6) is 0 Å². The van der Waals surface area contributed by atoms with Crippen molar-refractivity contribution in [1.29, 1.82) is 0 Å². The van der Waals surface area contributed by atoms with E-state index in [4.69, 9.17) is 5.11 Å². The molecule has 0 aromatic heterocycles. The Morgan fingerprint density at radius 2 is 1.93 bits per heavy atom. The van der Waals surface area contributed by atoms with Gasteiger partial charge in [-0.2, -0.15) is 0 Å². The molecule has 0 bridgehead atoms. The summed E-state index contributed by atoms with van der Waals surface area (Å²) in [4.78, 5) is 22.5. The number of Topliss-reactive ketones (excluding diaryl/α,β-unsaturated/α-hetero) is 1. The van der Waals surface area contributed by atoms with E-state index in [9.17, 15) is 9.59 Å². The highest BCUT2D eigenvalue weighted by Gasteiger charge is 2.21. The molecule has 4 nitrogen and oxygen atoms in total. The molecule has 0 spiro atoms. The standard InChI is InChI=1S/C11H13NO3/c1-8(14)10(7-13)11(15)12-9-5-3-2-4-6-9/h2-6,10,13H,7H2,1H3,(H,12,15)/t10-/m1/s1. The molecule has 0 saturated heterocycles. The predicted octanol–water partition coefficient (Wildman–Crippen LogP) is 0.823. The first-order valence-corrected chi connectivity index (χ1v) is 4.62. The summed E-state index contributed by atoms with van der Waals surface area (Å²) in [5.74, 6) is -1.80. The second kappa shape index (κ2) is 5.26. The Hall–Kier alpha value is -1.68. The van der Waals surface area contributed by atoms with Crippen molar-refractivity contribution < 1.29 is 14.7 Å². The van der Waals surface area contributed by atoms with Crippen LogP contribution in [0.15, 0.2) is 30.3 Å². The van der Waals surface area contributed by atoms with E-state index in [2.05, 4.69) is 5.32 Å². The predicted molar refractivity (Wildman–Crippen MR) is 56.3 cm³/mol. The molecule has 1 amide bonds. The van der Waals surface area contributed by atoms with E-state index in [-0.39, 0.29) is 5.78 Å². The van der Waals surface area contributed by atoms with Gasteiger partial charge < -0.3 is 10.4 Å². The molecule has 1 aromatic rings. The number of para-hydroxylation sites is 1. The van der Waals surface area contributed by atoms with Crippen LogP contribution in [0.3, 0.4) is 0 Å². The lowest BCUT2D eigenvalue weighted by Crippen LogP contribution is -2.30. The Balaban J connectivity index is 2.66. The third-order valence-corrected chi connectivity index (χ3v) is 2.03. The lowest BCUT2D eigenvalue weighted by Gasteiger charge is -2.10. The SMILES string of the molecule is CC(=O)[C@@H](CO)C(=O)Nc1ccccc1. The van der Waals surface area contributed by atoms with Crippen molar-refractivity contribution >= 4 is 17.4 Å². The van der Waals surface area contributed by atoms with Crippen molar-refractivity contribution in [3.63, 3.8) is 0 Å². The van der Waals surface area contributed by atoms with Crippen LogP contribution in [0.1, 0.15) is 6.92 Å². The first-order valence-electron chi connectivity index (χ1n) is 4.62. The van der Waals surface area contributed by atoms with Gasteiger partial charge in [-0.15, -0.1) is 0 Å². The van der Waals surface area contributed by atoms with Crippen LogP contribution < -0.4 is 5.32 Å². The molecule has 0 unspecified atom stereocenters. The summed E-state index contributed by atoms with van der Waals surface area (Å²) in [6.07, 6.45) is 0. The third-order valence-electron chi connectivity index (χ3n) is 2.03. The van der Waals surface area contributed by atoms with Crippen LogP contribution in [0.25, 0.3) is 0 Å². The second-order valence-corrected chi connectivity index (χ2v) is 3.20. The van der Waals surface area contributed by atoms with Crippen molar-refractivity contribution in [1.82, 2.24) is 0 Å². The summed E-state index contributed by atoms with van der Waals surface area (Å²) >= 11 is 0. The Morgan fingerprint density at radius 3 is 2.40 bits per heavy atom. The van der Waals surface area contributed by atoms with Gasteiger partial charge in [-0.05, 0) is 19.1 Å². The fraction of sp³-hybridized carbons (Fsp3) is 0.273. The number of amides is 1. The van der Waals surface area contributed by atoms with E-state index in [0.29, 0.717) is 5.69 Å². The van der Waals surface area contributed by atoms with E-state index >= 15 is 0 Å². The third kappa shape index (κ3) is 3.18. The number of carbonyl (C=O) groups is 2. The van der Waals surface area contributed by atoms with Gasteiger partial charge in [0, 0.05) is 5.69 Å². The number of carbonyl (C=O) groups excluding carboxylic acids is 2. The van der Waals surface area contributed by atoms with Gasteiger partial charge in [-0.3, -0.25) is 9.59 Å². The Bertz CT molecular complexity index is 348. The van der Waals surface area contributed by atoms with Gasteiger partial charge in [0.2, 0.25) is 5.91 Å². The number of ketones is 1. The Morgan fingerprint density at radius 1 is 1.33 bits per heavy atom. The maximum absolute atomic E-state index is 11.5. The van der Waals surface area contributed by atoms with Gasteiger partial charge in [-0.25, -0.2) is 0 Å². The van der Waals surface area contributed by atoms with Gasteiger partial charge in [0.25, 0.3) is 0 Å². The summed E-state index contributed by atoms with van der Waals surface area (Å²) in [5.41, 5.74) is 0.613. The van der Waals surface area contributed by atoms with E-state index in [1.807, 2.05) is 6.07 Å². The largest absolute Gasteiger partial charge is 0.395 e. The van der Waals surface area contributed by atoms with Gasteiger partial charge >= 0.3 is 0 Å². The summed E-state index contributed by atoms with van der Waals surface area (Å²) in [7, 11) is 0. The molecule has 4 heteroatoms. The molecule has 2 N–H and O–H groups in total. The Labute approximate surface area is 87.9 Å². The van der Waals surface area contributed by atoms with Crippen LogP contribution in [-0.4, -0.2) is 23.4 Å². The maximum Gasteiger partial charge on any atom is 0.237 e. The average Bonchev–Trinajstić information content (AvgIpc) is 2.19. The molecular formula is C11H13NO3.